The first-order chi connectivity index (χ1) is 17.1. The maximum atomic E-state index is 13.1. The van der Waals surface area contributed by atoms with E-state index >= 15 is 0 Å². The van der Waals surface area contributed by atoms with Gasteiger partial charge in [0.15, 0.2) is 5.69 Å². The van der Waals surface area contributed by atoms with Crippen molar-refractivity contribution in [2.75, 3.05) is 38.1 Å². The fourth-order valence-electron chi connectivity index (χ4n) is 4.37. The predicted octanol–water partition coefficient (Wildman–Crippen LogP) is 3.34. The summed E-state index contributed by atoms with van der Waals surface area (Å²) in [6.45, 7) is 1.14. The quantitative estimate of drug-likeness (QED) is 0.297. The van der Waals surface area contributed by atoms with Crippen molar-refractivity contribution in [2.24, 2.45) is 5.73 Å². The number of nitrogens with two attached hydrogens (primary N) is 1. The molecule has 4 rings (SSSR count). The van der Waals surface area contributed by atoms with E-state index in [0.717, 1.165) is 28.2 Å². The number of rotatable bonds is 8. The summed E-state index contributed by atoms with van der Waals surface area (Å²) in [5.41, 5.74) is 7.41. The van der Waals surface area contributed by atoms with Crippen LogP contribution in [0.5, 0.6) is 0 Å². The third-order valence-corrected chi connectivity index (χ3v) is 6.69. The zero-order valence-electron chi connectivity index (χ0n) is 19.0. The minimum Gasteiger partial charge on any atom is -0.394 e. The van der Waals surface area contributed by atoms with Gasteiger partial charge in [-0.2, -0.15) is 13.2 Å². The van der Waals surface area contributed by atoms with Crippen molar-refractivity contribution in [1.82, 2.24) is 20.2 Å². The SMILES string of the molecule is NC(CO)C(=O)NCC1c2[nH]c3ccc(Cl)cc3c2CCN1CCNc1ccc(Cl)c(C(F)(F)F)n1. The van der Waals surface area contributed by atoms with Gasteiger partial charge in [0.05, 0.1) is 17.7 Å². The zero-order valence-corrected chi connectivity index (χ0v) is 20.5. The number of H-pyrrole nitrogens is 1. The number of carbonyl (C=O) groups is 1. The topological polar surface area (TPSA) is 119 Å². The Morgan fingerprint density at radius 2 is 2.08 bits per heavy atom. The Balaban J connectivity index is 1.52. The van der Waals surface area contributed by atoms with Crippen LogP contribution in [-0.4, -0.2) is 64.7 Å². The van der Waals surface area contributed by atoms with Crippen molar-refractivity contribution >= 4 is 45.8 Å². The molecule has 0 spiro atoms. The fraction of sp³-hybridized carbons (Fsp3) is 0.391. The minimum atomic E-state index is -4.66. The standard InChI is InChI=1S/C23H25Cl2F3N6O2/c24-12-1-3-17-14(9-12)13-5-7-34(18(20(13)32-17)10-31-22(36)16(29)11-35)8-6-30-19-4-2-15(25)21(33-19)23(26,27)28/h1-4,9,16,18,32,35H,5-8,10-11,29H2,(H,30,33)(H,31,36). The summed E-state index contributed by atoms with van der Waals surface area (Å²) >= 11 is 11.9. The van der Waals surface area contributed by atoms with Crippen molar-refractivity contribution in [3.05, 3.63) is 57.3 Å². The first-order valence-corrected chi connectivity index (χ1v) is 12.0. The van der Waals surface area contributed by atoms with E-state index in [4.69, 9.17) is 28.9 Å². The smallest absolute Gasteiger partial charge is 0.394 e. The number of pyridine rings is 1. The highest BCUT2D eigenvalue weighted by molar-refractivity contribution is 6.31. The molecule has 0 radical (unpaired) electrons. The molecule has 6 N–H and O–H groups in total. The predicted molar refractivity (Wildman–Crippen MR) is 132 cm³/mol. The molecule has 1 aliphatic rings. The number of anilines is 1. The lowest BCUT2D eigenvalue weighted by Crippen LogP contribution is -2.48. The lowest BCUT2D eigenvalue weighted by Gasteiger charge is -2.36. The molecule has 0 saturated carbocycles. The van der Waals surface area contributed by atoms with E-state index in [2.05, 4.69) is 25.5 Å². The van der Waals surface area contributed by atoms with Crippen molar-refractivity contribution in [1.29, 1.82) is 0 Å². The van der Waals surface area contributed by atoms with E-state index in [0.29, 0.717) is 31.1 Å². The number of fused-ring (bicyclic) bond motifs is 3. The van der Waals surface area contributed by atoms with Crippen molar-refractivity contribution in [3.63, 3.8) is 0 Å². The van der Waals surface area contributed by atoms with Crippen molar-refractivity contribution in [2.45, 2.75) is 24.7 Å². The molecule has 36 heavy (non-hydrogen) atoms. The molecule has 1 aromatic carbocycles. The van der Waals surface area contributed by atoms with Gasteiger partial charge in [-0.1, -0.05) is 23.2 Å². The number of hydrogen-bond donors (Lipinski definition) is 5. The van der Waals surface area contributed by atoms with Crippen LogP contribution in [0.1, 0.15) is 23.0 Å². The van der Waals surface area contributed by atoms with Crippen LogP contribution in [0, 0.1) is 0 Å². The molecule has 3 aromatic rings. The number of nitrogens with one attached hydrogen (secondary N) is 3. The summed E-state index contributed by atoms with van der Waals surface area (Å²) in [4.78, 5) is 21.4. The Kier molecular flexibility index (Phi) is 7.96. The second-order valence-corrected chi connectivity index (χ2v) is 9.34. The summed E-state index contributed by atoms with van der Waals surface area (Å²) in [6.07, 6.45) is -3.94. The Morgan fingerprint density at radius 3 is 2.81 bits per heavy atom. The normalized spacial score (nSPS) is 17.1. The van der Waals surface area contributed by atoms with Crippen molar-refractivity contribution < 1.29 is 23.1 Å². The number of alkyl halides is 3. The van der Waals surface area contributed by atoms with E-state index in [1.165, 1.54) is 6.07 Å². The number of aliphatic hydroxyl groups is 1. The molecule has 8 nitrogen and oxygen atoms in total. The lowest BCUT2D eigenvalue weighted by molar-refractivity contribution is -0.141. The minimum absolute atomic E-state index is 0.0587. The van der Waals surface area contributed by atoms with E-state index in [1.54, 1.807) is 6.07 Å². The molecule has 1 amide bonds. The molecule has 3 heterocycles. The number of halogens is 5. The molecule has 2 atom stereocenters. The zero-order chi connectivity index (χ0) is 26.0. The second kappa shape index (κ2) is 10.8. The average Bonchev–Trinajstić information content (AvgIpc) is 3.20. The first-order valence-electron chi connectivity index (χ1n) is 11.2. The Hall–Kier alpha value is -2.57. The fourth-order valence-corrected chi connectivity index (χ4v) is 4.75. The van der Waals surface area contributed by atoms with Gasteiger partial charge >= 0.3 is 6.18 Å². The highest BCUT2D eigenvalue weighted by atomic mass is 35.5. The summed E-state index contributed by atoms with van der Waals surface area (Å²) in [5, 5.41) is 16.0. The van der Waals surface area contributed by atoms with Crippen LogP contribution in [0.2, 0.25) is 10.0 Å². The van der Waals surface area contributed by atoms with Crippen LogP contribution in [0.15, 0.2) is 30.3 Å². The first kappa shape index (κ1) is 26.5. The van der Waals surface area contributed by atoms with Gasteiger partial charge in [0.2, 0.25) is 5.91 Å². The number of hydrogen-bond acceptors (Lipinski definition) is 6. The molecule has 0 bridgehead atoms. The maximum Gasteiger partial charge on any atom is 0.434 e. The average molecular weight is 545 g/mol. The highest BCUT2D eigenvalue weighted by Crippen LogP contribution is 2.36. The van der Waals surface area contributed by atoms with Crippen LogP contribution in [0.25, 0.3) is 10.9 Å². The van der Waals surface area contributed by atoms with Crippen LogP contribution < -0.4 is 16.4 Å². The van der Waals surface area contributed by atoms with E-state index in [9.17, 15) is 23.1 Å². The maximum absolute atomic E-state index is 13.1. The van der Waals surface area contributed by atoms with Gasteiger partial charge in [-0.05, 0) is 42.3 Å². The molecule has 2 aromatic heterocycles. The molecule has 194 valence electrons. The number of aromatic nitrogens is 2. The van der Waals surface area contributed by atoms with Crippen molar-refractivity contribution in [3.8, 4) is 0 Å². The number of nitrogens with zero attached hydrogens (tertiary/aromatic N) is 2. The Bertz CT molecular complexity index is 1250. The largest absolute Gasteiger partial charge is 0.434 e. The van der Waals surface area contributed by atoms with Gasteiger partial charge in [0.1, 0.15) is 11.9 Å². The molecule has 2 unspecified atom stereocenters. The van der Waals surface area contributed by atoms with Crippen LogP contribution >= 0.6 is 23.2 Å². The van der Waals surface area contributed by atoms with Crippen LogP contribution in [0.4, 0.5) is 19.0 Å². The monoisotopic (exact) mass is 544 g/mol. The summed E-state index contributed by atoms with van der Waals surface area (Å²) in [7, 11) is 0. The molecule has 0 aliphatic carbocycles. The molecular formula is C23H25Cl2F3N6O2. The number of amides is 1. The van der Waals surface area contributed by atoms with Gasteiger partial charge < -0.3 is 26.5 Å². The Morgan fingerprint density at radius 1 is 1.31 bits per heavy atom. The van der Waals surface area contributed by atoms with Gasteiger partial charge in [-0.25, -0.2) is 4.98 Å². The third kappa shape index (κ3) is 5.70. The second-order valence-electron chi connectivity index (χ2n) is 8.49. The molecule has 1 aliphatic heterocycles. The molecular weight excluding hydrogens is 520 g/mol. The lowest BCUT2D eigenvalue weighted by atomic mass is 9.97. The van der Waals surface area contributed by atoms with Gasteiger partial charge in [-0.3, -0.25) is 9.69 Å². The highest BCUT2D eigenvalue weighted by Gasteiger charge is 2.35. The molecule has 0 fully saturated rings. The van der Waals surface area contributed by atoms with Crippen LogP contribution in [0.3, 0.4) is 0 Å². The number of aromatic amines is 1. The van der Waals surface area contributed by atoms with E-state index in [-0.39, 0.29) is 18.4 Å². The number of carbonyl (C=O) groups excluding carboxylic acids is 1. The van der Waals surface area contributed by atoms with E-state index < -0.39 is 35.4 Å². The summed E-state index contributed by atoms with van der Waals surface area (Å²) in [5.74, 6) is -0.421. The Labute approximate surface area is 215 Å². The summed E-state index contributed by atoms with van der Waals surface area (Å²) < 4.78 is 39.4. The van der Waals surface area contributed by atoms with E-state index in [1.807, 2.05) is 12.1 Å². The molecule has 0 saturated heterocycles. The number of aliphatic hydroxyl groups excluding tert-OH is 1. The van der Waals surface area contributed by atoms with Gasteiger partial charge in [0, 0.05) is 47.8 Å². The number of benzene rings is 1. The third-order valence-electron chi connectivity index (χ3n) is 6.15. The van der Waals surface area contributed by atoms with Crippen LogP contribution in [-0.2, 0) is 17.4 Å². The summed E-state index contributed by atoms with van der Waals surface area (Å²) in [6, 6.07) is 6.82. The molecule has 13 heteroatoms. The van der Waals surface area contributed by atoms with Gasteiger partial charge in [-0.15, -0.1) is 0 Å². The van der Waals surface area contributed by atoms with Gasteiger partial charge in [0.25, 0.3) is 0 Å².